The number of nitrogens with two attached hydrogens (primary N) is 2. The Kier molecular flexibility index (Phi) is 4.78. The molecule has 1 aromatic carbocycles. The molecule has 1 rings (SSSR count). The van der Waals surface area contributed by atoms with Gasteiger partial charge in [0.1, 0.15) is 5.75 Å². The van der Waals surface area contributed by atoms with Crippen LogP contribution in [-0.4, -0.2) is 18.8 Å². The van der Waals surface area contributed by atoms with Gasteiger partial charge in [-0.2, -0.15) is 5.10 Å². The Morgan fingerprint density at radius 1 is 1.50 bits per heavy atom. The third kappa shape index (κ3) is 3.90. The number of rotatable bonds is 4. The number of hydrogen-bond donors (Lipinski definition) is 2. The van der Waals surface area contributed by atoms with Crippen molar-refractivity contribution in [2.24, 2.45) is 21.7 Å². The zero-order valence-electron chi connectivity index (χ0n) is 8.85. The van der Waals surface area contributed by atoms with Crippen LogP contribution < -0.4 is 16.2 Å². The molecule has 0 saturated carbocycles. The molecule has 0 aromatic heterocycles. The van der Waals surface area contributed by atoms with Gasteiger partial charge in [0.15, 0.2) is 0 Å². The minimum Gasteiger partial charge on any atom is -0.493 e. The number of guanidine groups is 1. The lowest BCUT2D eigenvalue weighted by molar-refractivity contribution is 0.339. The molecule has 0 heterocycles. The van der Waals surface area contributed by atoms with E-state index >= 15 is 0 Å². The van der Waals surface area contributed by atoms with Crippen molar-refractivity contribution in [3.63, 3.8) is 0 Å². The van der Waals surface area contributed by atoms with E-state index in [0.29, 0.717) is 6.61 Å². The van der Waals surface area contributed by atoms with Crippen LogP contribution in [0.5, 0.6) is 5.75 Å². The molecule has 5 nitrogen and oxygen atoms in total. The van der Waals surface area contributed by atoms with Crippen LogP contribution in [0.3, 0.4) is 0 Å². The Bertz CT molecular complexity index is 413. The van der Waals surface area contributed by atoms with Crippen LogP contribution in [0.2, 0.25) is 0 Å². The van der Waals surface area contributed by atoms with Gasteiger partial charge in [0, 0.05) is 10.0 Å². The summed E-state index contributed by atoms with van der Waals surface area (Å²) in [6.45, 7) is 2.50. The molecule has 86 valence electrons. The van der Waals surface area contributed by atoms with E-state index in [0.717, 1.165) is 15.8 Å². The van der Waals surface area contributed by atoms with Gasteiger partial charge in [-0.25, -0.2) is 0 Å². The van der Waals surface area contributed by atoms with Crippen LogP contribution in [0.15, 0.2) is 32.9 Å². The molecule has 0 atom stereocenters. The largest absolute Gasteiger partial charge is 0.493 e. The number of halogens is 1. The summed E-state index contributed by atoms with van der Waals surface area (Å²) in [4.78, 5) is 0. The zero-order chi connectivity index (χ0) is 12.0. The Morgan fingerprint density at radius 2 is 2.25 bits per heavy atom. The normalized spacial score (nSPS) is 10.4. The van der Waals surface area contributed by atoms with Gasteiger partial charge in [0.25, 0.3) is 0 Å². The minimum atomic E-state index is -0.0794. The molecule has 0 unspecified atom stereocenters. The van der Waals surface area contributed by atoms with Crippen molar-refractivity contribution in [2.75, 3.05) is 6.61 Å². The predicted molar refractivity (Wildman–Crippen MR) is 68.7 cm³/mol. The molecule has 0 radical (unpaired) electrons. The number of nitrogens with zero attached hydrogens (tertiary/aromatic N) is 2. The van der Waals surface area contributed by atoms with Crippen LogP contribution in [0.1, 0.15) is 12.5 Å². The Hall–Kier alpha value is -1.56. The summed E-state index contributed by atoms with van der Waals surface area (Å²) in [7, 11) is 0. The lowest BCUT2D eigenvalue weighted by atomic mass is 10.2. The molecular formula is C10H13BrN4O. The summed E-state index contributed by atoms with van der Waals surface area (Å²) in [6, 6.07) is 5.62. The summed E-state index contributed by atoms with van der Waals surface area (Å²) in [5, 5.41) is 7.26. The van der Waals surface area contributed by atoms with E-state index < -0.39 is 0 Å². The van der Waals surface area contributed by atoms with Gasteiger partial charge in [0.2, 0.25) is 5.96 Å². The summed E-state index contributed by atoms with van der Waals surface area (Å²) >= 11 is 3.37. The number of hydrogen-bond acceptors (Lipinski definition) is 3. The third-order valence-corrected chi connectivity index (χ3v) is 2.13. The molecule has 0 saturated heterocycles. The molecular weight excluding hydrogens is 272 g/mol. The van der Waals surface area contributed by atoms with Gasteiger partial charge >= 0.3 is 0 Å². The van der Waals surface area contributed by atoms with Crippen LogP contribution >= 0.6 is 15.9 Å². The van der Waals surface area contributed by atoms with Crippen molar-refractivity contribution in [3.8, 4) is 5.75 Å². The molecule has 0 amide bonds. The maximum absolute atomic E-state index is 5.43. The fourth-order valence-corrected chi connectivity index (χ4v) is 1.44. The maximum Gasteiger partial charge on any atom is 0.211 e. The molecule has 1 aromatic rings. The third-order valence-electron chi connectivity index (χ3n) is 1.64. The fraction of sp³-hybridized carbons (Fsp3) is 0.200. The second kappa shape index (κ2) is 6.12. The standard InChI is InChI=1S/C10H13BrN4O/c1-2-16-9-4-3-8(11)5-7(9)6-14-15-10(12)13/h3-6H,2H2,1H3,(H4,12,13,15)/b14-6+. The topological polar surface area (TPSA) is 86.0 Å². The first-order valence-electron chi connectivity index (χ1n) is 4.67. The smallest absolute Gasteiger partial charge is 0.211 e. The first-order valence-corrected chi connectivity index (χ1v) is 5.47. The van der Waals surface area contributed by atoms with Crippen LogP contribution in [-0.2, 0) is 0 Å². The minimum absolute atomic E-state index is 0.0794. The average Bonchev–Trinajstić information content (AvgIpc) is 2.21. The summed E-state index contributed by atoms with van der Waals surface area (Å²) in [5.74, 6) is 0.657. The fourth-order valence-electron chi connectivity index (χ4n) is 1.06. The van der Waals surface area contributed by atoms with Gasteiger partial charge in [0.05, 0.1) is 12.8 Å². The maximum atomic E-state index is 5.43. The number of benzene rings is 1. The Balaban J connectivity index is 2.96. The van der Waals surface area contributed by atoms with Crippen LogP contribution in [0.25, 0.3) is 0 Å². The van der Waals surface area contributed by atoms with Gasteiger partial charge in [-0.1, -0.05) is 15.9 Å². The predicted octanol–water partition coefficient (Wildman–Crippen LogP) is 1.46. The van der Waals surface area contributed by atoms with Gasteiger partial charge < -0.3 is 16.2 Å². The Morgan fingerprint density at radius 3 is 2.88 bits per heavy atom. The van der Waals surface area contributed by atoms with Crippen molar-refractivity contribution < 1.29 is 4.74 Å². The second-order valence-corrected chi connectivity index (χ2v) is 3.80. The van der Waals surface area contributed by atoms with Crippen LogP contribution in [0.4, 0.5) is 0 Å². The summed E-state index contributed by atoms with van der Waals surface area (Å²) < 4.78 is 6.36. The van der Waals surface area contributed by atoms with E-state index in [1.807, 2.05) is 25.1 Å². The lowest BCUT2D eigenvalue weighted by Gasteiger charge is -2.06. The SMILES string of the molecule is CCOc1ccc(Br)cc1/C=N/N=C(N)N. The molecule has 0 aliphatic carbocycles. The van der Waals surface area contributed by atoms with Gasteiger partial charge in [-0.3, -0.25) is 0 Å². The molecule has 0 aliphatic heterocycles. The van der Waals surface area contributed by atoms with Crippen molar-refractivity contribution in [3.05, 3.63) is 28.2 Å². The molecule has 0 bridgehead atoms. The monoisotopic (exact) mass is 284 g/mol. The van der Waals surface area contributed by atoms with Crippen molar-refractivity contribution in [1.29, 1.82) is 0 Å². The number of ether oxygens (including phenoxy) is 1. The summed E-state index contributed by atoms with van der Waals surface area (Å²) in [5.41, 5.74) is 11.1. The summed E-state index contributed by atoms with van der Waals surface area (Å²) in [6.07, 6.45) is 1.54. The molecule has 16 heavy (non-hydrogen) atoms. The highest BCUT2D eigenvalue weighted by Crippen LogP contribution is 2.21. The lowest BCUT2D eigenvalue weighted by Crippen LogP contribution is -2.21. The highest BCUT2D eigenvalue weighted by Gasteiger charge is 2.01. The van der Waals surface area contributed by atoms with Crippen LogP contribution in [0, 0.1) is 0 Å². The van der Waals surface area contributed by atoms with E-state index in [1.165, 1.54) is 6.21 Å². The Labute approximate surface area is 102 Å². The van der Waals surface area contributed by atoms with Crippen molar-refractivity contribution in [1.82, 2.24) is 0 Å². The highest BCUT2D eigenvalue weighted by molar-refractivity contribution is 9.10. The second-order valence-electron chi connectivity index (χ2n) is 2.88. The first kappa shape index (κ1) is 12.5. The van der Waals surface area contributed by atoms with Gasteiger partial charge in [-0.05, 0) is 25.1 Å². The zero-order valence-corrected chi connectivity index (χ0v) is 10.4. The highest BCUT2D eigenvalue weighted by atomic mass is 79.9. The first-order chi connectivity index (χ1) is 7.63. The van der Waals surface area contributed by atoms with E-state index in [1.54, 1.807) is 0 Å². The quantitative estimate of drug-likeness (QED) is 0.499. The molecule has 4 N–H and O–H groups in total. The van der Waals surface area contributed by atoms with E-state index in [4.69, 9.17) is 16.2 Å². The molecule has 0 aliphatic rings. The molecule has 0 spiro atoms. The van der Waals surface area contributed by atoms with Crippen molar-refractivity contribution in [2.45, 2.75) is 6.92 Å². The van der Waals surface area contributed by atoms with Crippen molar-refractivity contribution >= 4 is 28.1 Å². The molecule has 6 heteroatoms. The van der Waals surface area contributed by atoms with E-state index in [2.05, 4.69) is 26.1 Å². The van der Waals surface area contributed by atoms with E-state index in [-0.39, 0.29) is 5.96 Å². The molecule has 0 fully saturated rings. The average molecular weight is 285 g/mol. The van der Waals surface area contributed by atoms with Gasteiger partial charge in [-0.15, -0.1) is 5.10 Å². The van der Waals surface area contributed by atoms with E-state index in [9.17, 15) is 0 Å².